The van der Waals surface area contributed by atoms with E-state index in [4.69, 9.17) is 0 Å². The molecule has 11 heavy (non-hydrogen) atoms. The Hall–Kier alpha value is -0.130. The van der Waals surface area contributed by atoms with Gasteiger partial charge in [0.25, 0.3) is 10.2 Å². The van der Waals surface area contributed by atoms with E-state index in [1.165, 1.54) is 7.05 Å². The third-order valence-corrected chi connectivity index (χ3v) is 2.67. The van der Waals surface area contributed by atoms with Gasteiger partial charge in [-0.25, -0.2) is 9.44 Å². The average Bonchev–Trinajstić information content (AvgIpc) is 2.00. The Morgan fingerprint density at radius 3 is 2.36 bits per heavy atom. The van der Waals surface area contributed by atoms with E-state index in [1.54, 1.807) is 0 Å². The van der Waals surface area contributed by atoms with E-state index in [0.29, 0.717) is 12.5 Å². The molecule has 1 atom stereocenters. The first-order valence-electron chi connectivity index (χ1n) is 3.70. The van der Waals surface area contributed by atoms with Crippen LogP contribution in [0.4, 0.5) is 0 Å². The van der Waals surface area contributed by atoms with Gasteiger partial charge in [-0.2, -0.15) is 8.42 Å². The fourth-order valence-electron chi connectivity index (χ4n) is 0.468. The van der Waals surface area contributed by atoms with Crippen LogP contribution < -0.4 is 9.44 Å². The zero-order valence-corrected chi connectivity index (χ0v) is 8.03. The highest BCUT2D eigenvalue weighted by atomic mass is 32.2. The van der Waals surface area contributed by atoms with Crippen LogP contribution in [0.5, 0.6) is 0 Å². The molecule has 0 amide bonds. The first-order valence-corrected chi connectivity index (χ1v) is 5.18. The summed E-state index contributed by atoms with van der Waals surface area (Å²) in [7, 11) is -1.84. The van der Waals surface area contributed by atoms with Gasteiger partial charge in [0.1, 0.15) is 0 Å². The van der Waals surface area contributed by atoms with E-state index < -0.39 is 10.2 Å². The quantitative estimate of drug-likeness (QED) is 0.630. The van der Waals surface area contributed by atoms with Crippen LogP contribution in [-0.2, 0) is 10.2 Å². The van der Waals surface area contributed by atoms with E-state index in [0.717, 1.165) is 6.42 Å². The van der Waals surface area contributed by atoms with Gasteiger partial charge in [-0.3, -0.25) is 0 Å². The van der Waals surface area contributed by atoms with Crippen molar-refractivity contribution in [2.24, 2.45) is 5.92 Å². The second-order valence-corrected chi connectivity index (χ2v) is 4.27. The van der Waals surface area contributed by atoms with Crippen molar-refractivity contribution in [2.45, 2.75) is 20.3 Å². The molecule has 5 heteroatoms. The molecule has 0 fully saturated rings. The molecule has 0 heterocycles. The van der Waals surface area contributed by atoms with E-state index in [9.17, 15) is 8.42 Å². The summed E-state index contributed by atoms with van der Waals surface area (Å²) in [6.07, 6.45) is 0.978. The molecule has 4 nitrogen and oxygen atoms in total. The van der Waals surface area contributed by atoms with Crippen LogP contribution in [0.1, 0.15) is 20.3 Å². The van der Waals surface area contributed by atoms with Gasteiger partial charge in [-0.1, -0.05) is 20.3 Å². The van der Waals surface area contributed by atoms with Gasteiger partial charge in [0.05, 0.1) is 0 Å². The van der Waals surface area contributed by atoms with Gasteiger partial charge < -0.3 is 0 Å². The van der Waals surface area contributed by atoms with Crippen molar-refractivity contribution < 1.29 is 8.42 Å². The fraction of sp³-hybridized carbons (Fsp3) is 1.00. The smallest absolute Gasteiger partial charge is 0.205 e. The predicted molar refractivity (Wildman–Crippen MR) is 45.4 cm³/mol. The number of rotatable bonds is 5. The molecule has 0 radical (unpaired) electrons. The average molecular weight is 180 g/mol. The highest BCUT2D eigenvalue weighted by Gasteiger charge is 2.06. The largest absolute Gasteiger partial charge is 0.276 e. The van der Waals surface area contributed by atoms with Crippen molar-refractivity contribution in [2.75, 3.05) is 13.6 Å². The molecule has 0 aromatic rings. The van der Waals surface area contributed by atoms with Crippen LogP contribution in [0.15, 0.2) is 0 Å². The molecule has 2 N–H and O–H groups in total. The normalized spacial score (nSPS) is 14.8. The Morgan fingerprint density at radius 1 is 1.45 bits per heavy atom. The van der Waals surface area contributed by atoms with Crippen molar-refractivity contribution in [3.05, 3.63) is 0 Å². The Kier molecular flexibility index (Phi) is 4.63. The van der Waals surface area contributed by atoms with Crippen LogP contribution in [-0.4, -0.2) is 22.0 Å². The van der Waals surface area contributed by atoms with Gasteiger partial charge in [-0.15, -0.1) is 0 Å². The predicted octanol–water partition coefficient (Wildman–Crippen LogP) is 0.0863. The highest BCUT2D eigenvalue weighted by Crippen LogP contribution is 1.97. The lowest BCUT2D eigenvalue weighted by Crippen LogP contribution is -2.36. The zero-order valence-electron chi connectivity index (χ0n) is 7.22. The summed E-state index contributed by atoms with van der Waals surface area (Å²) >= 11 is 0. The minimum atomic E-state index is -3.22. The highest BCUT2D eigenvalue weighted by molar-refractivity contribution is 7.87. The van der Waals surface area contributed by atoms with Crippen molar-refractivity contribution in [1.82, 2.24) is 9.44 Å². The summed E-state index contributed by atoms with van der Waals surface area (Å²) in [5, 5.41) is 0. The molecule has 0 saturated heterocycles. The van der Waals surface area contributed by atoms with Crippen LogP contribution in [0.25, 0.3) is 0 Å². The molecular formula is C6H16N2O2S. The maximum Gasteiger partial charge on any atom is 0.276 e. The van der Waals surface area contributed by atoms with Gasteiger partial charge in [0.15, 0.2) is 0 Å². The van der Waals surface area contributed by atoms with Gasteiger partial charge in [-0.05, 0) is 5.92 Å². The molecule has 0 bridgehead atoms. The molecule has 0 aliphatic heterocycles. The zero-order chi connectivity index (χ0) is 8.91. The molecule has 0 spiro atoms. The van der Waals surface area contributed by atoms with Crippen LogP contribution in [0.2, 0.25) is 0 Å². The van der Waals surface area contributed by atoms with Crippen LogP contribution in [0, 0.1) is 5.92 Å². The lowest BCUT2D eigenvalue weighted by Gasteiger charge is -2.09. The summed E-state index contributed by atoms with van der Waals surface area (Å²) in [5.41, 5.74) is 0. The summed E-state index contributed by atoms with van der Waals surface area (Å²) in [6.45, 7) is 4.52. The fourth-order valence-corrected chi connectivity index (χ4v) is 1.12. The molecule has 1 unspecified atom stereocenters. The standard InChI is InChI=1S/C6H16N2O2S/c1-4-6(2)5-8-11(9,10)7-3/h6-8H,4-5H2,1-3H3. The minimum Gasteiger partial charge on any atom is -0.205 e. The van der Waals surface area contributed by atoms with E-state index >= 15 is 0 Å². The minimum absolute atomic E-state index is 0.387. The van der Waals surface area contributed by atoms with Crippen molar-refractivity contribution in [3.63, 3.8) is 0 Å². The molecular weight excluding hydrogens is 164 g/mol. The number of hydrogen-bond acceptors (Lipinski definition) is 2. The van der Waals surface area contributed by atoms with Crippen LogP contribution in [0.3, 0.4) is 0 Å². The number of hydrogen-bond donors (Lipinski definition) is 2. The number of nitrogens with one attached hydrogen (secondary N) is 2. The van der Waals surface area contributed by atoms with Crippen LogP contribution >= 0.6 is 0 Å². The summed E-state index contributed by atoms with van der Waals surface area (Å²) in [6, 6.07) is 0. The second kappa shape index (κ2) is 4.69. The first kappa shape index (κ1) is 10.9. The maximum absolute atomic E-state index is 10.8. The lowest BCUT2D eigenvalue weighted by atomic mass is 10.1. The van der Waals surface area contributed by atoms with Crippen molar-refractivity contribution in [3.8, 4) is 0 Å². The van der Waals surface area contributed by atoms with E-state index in [2.05, 4.69) is 9.44 Å². The monoisotopic (exact) mass is 180 g/mol. The summed E-state index contributed by atoms with van der Waals surface area (Å²) in [5.74, 6) is 0.387. The summed E-state index contributed by atoms with van der Waals surface area (Å²) in [4.78, 5) is 0. The van der Waals surface area contributed by atoms with Gasteiger partial charge in [0, 0.05) is 13.6 Å². The molecule has 0 rings (SSSR count). The Balaban J connectivity index is 3.71. The van der Waals surface area contributed by atoms with Crippen molar-refractivity contribution in [1.29, 1.82) is 0 Å². The third-order valence-electron chi connectivity index (χ3n) is 1.59. The van der Waals surface area contributed by atoms with Gasteiger partial charge in [0.2, 0.25) is 0 Å². The van der Waals surface area contributed by atoms with E-state index in [-0.39, 0.29) is 0 Å². The SMILES string of the molecule is CCC(C)CNS(=O)(=O)NC. The molecule has 0 aromatic carbocycles. The molecule has 0 saturated carbocycles. The molecule has 0 aliphatic rings. The lowest BCUT2D eigenvalue weighted by molar-refractivity contribution is 0.524. The third kappa shape index (κ3) is 5.17. The maximum atomic E-state index is 10.8. The Bertz CT molecular complexity index is 189. The molecule has 68 valence electrons. The van der Waals surface area contributed by atoms with Gasteiger partial charge >= 0.3 is 0 Å². The van der Waals surface area contributed by atoms with E-state index in [1.807, 2.05) is 13.8 Å². The second-order valence-electron chi connectivity index (χ2n) is 2.57. The molecule has 0 aliphatic carbocycles. The summed E-state index contributed by atoms with van der Waals surface area (Å²) < 4.78 is 26.2. The first-order chi connectivity index (χ1) is 5.02. The molecule has 0 aromatic heterocycles. The Morgan fingerprint density at radius 2 is 2.00 bits per heavy atom. The topological polar surface area (TPSA) is 58.2 Å². The Labute approximate surface area is 68.6 Å². The van der Waals surface area contributed by atoms with Crippen molar-refractivity contribution >= 4 is 10.2 Å².